The number of pyridine rings is 1. The maximum Gasteiger partial charge on any atom is 0.276 e. The molecule has 0 spiro atoms. The molecule has 0 unspecified atom stereocenters. The zero-order chi connectivity index (χ0) is 14.7. The molecule has 0 radical (unpaired) electrons. The third-order valence-electron chi connectivity index (χ3n) is 2.59. The van der Waals surface area contributed by atoms with Crippen molar-refractivity contribution in [1.82, 2.24) is 4.98 Å². The molecule has 1 aromatic carbocycles. The molecule has 0 atom stereocenters. The number of nitrogens with one attached hydrogen (secondary N) is 2. The molecule has 0 aliphatic rings. The van der Waals surface area contributed by atoms with E-state index in [0.717, 1.165) is 5.56 Å². The summed E-state index contributed by atoms with van der Waals surface area (Å²) in [6, 6.07) is 7.03. The van der Waals surface area contributed by atoms with Gasteiger partial charge in [-0.3, -0.25) is 10.1 Å². The van der Waals surface area contributed by atoms with Crippen LogP contribution in [0.2, 0.25) is 0 Å². The highest BCUT2D eigenvalue weighted by Gasteiger charge is 2.11. The fourth-order valence-corrected chi connectivity index (χ4v) is 1.77. The molecule has 0 aliphatic heterocycles. The van der Waals surface area contributed by atoms with Gasteiger partial charge < -0.3 is 10.6 Å². The Labute approximate surface area is 114 Å². The van der Waals surface area contributed by atoms with E-state index in [0.29, 0.717) is 11.5 Å². The lowest BCUT2D eigenvalue weighted by molar-refractivity contribution is -0.384. The number of benzene rings is 1. The molecule has 7 heteroatoms. The predicted octanol–water partition coefficient (Wildman–Crippen LogP) is 3.22. The van der Waals surface area contributed by atoms with E-state index in [1.54, 1.807) is 20.0 Å². The van der Waals surface area contributed by atoms with Crippen LogP contribution in [-0.2, 0) is 0 Å². The van der Waals surface area contributed by atoms with Gasteiger partial charge in [0.25, 0.3) is 5.69 Å². The molecule has 0 fully saturated rings. The van der Waals surface area contributed by atoms with Gasteiger partial charge >= 0.3 is 0 Å². The molecule has 2 rings (SSSR count). The fraction of sp³-hybridized carbons (Fsp3) is 0.154. The molecular formula is C13H13FN4O2. The molecule has 0 bridgehead atoms. The van der Waals surface area contributed by atoms with Crippen LogP contribution in [0.3, 0.4) is 0 Å². The van der Waals surface area contributed by atoms with E-state index in [-0.39, 0.29) is 17.3 Å². The van der Waals surface area contributed by atoms with Crippen LogP contribution in [0.5, 0.6) is 0 Å². The summed E-state index contributed by atoms with van der Waals surface area (Å²) in [4.78, 5) is 14.5. The monoisotopic (exact) mass is 276 g/mol. The number of nitro groups is 1. The van der Waals surface area contributed by atoms with Crippen molar-refractivity contribution in [3.63, 3.8) is 0 Å². The first-order valence-electron chi connectivity index (χ1n) is 5.86. The maximum atomic E-state index is 13.3. The fourth-order valence-electron chi connectivity index (χ4n) is 1.77. The van der Waals surface area contributed by atoms with E-state index in [1.165, 1.54) is 24.3 Å². The number of nitrogens with zero attached hydrogens (tertiary/aromatic N) is 2. The average molecular weight is 276 g/mol. The van der Waals surface area contributed by atoms with Crippen molar-refractivity contribution in [3.05, 3.63) is 51.8 Å². The van der Waals surface area contributed by atoms with Crippen LogP contribution in [0.25, 0.3) is 0 Å². The molecule has 0 saturated carbocycles. The first-order chi connectivity index (χ1) is 9.47. The Morgan fingerprint density at radius 1 is 1.20 bits per heavy atom. The third-order valence-corrected chi connectivity index (χ3v) is 2.59. The molecular weight excluding hydrogens is 263 g/mol. The van der Waals surface area contributed by atoms with Crippen molar-refractivity contribution in [1.29, 1.82) is 0 Å². The van der Waals surface area contributed by atoms with Crippen molar-refractivity contribution in [2.75, 3.05) is 17.7 Å². The summed E-state index contributed by atoms with van der Waals surface area (Å²) in [6.45, 7) is 1.76. The van der Waals surface area contributed by atoms with E-state index in [4.69, 9.17) is 0 Å². The van der Waals surface area contributed by atoms with Gasteiger partial charge in [-0.1, -0.05) is 0 Å². The predicted molar refractivity (Wildman–Crippen MR) is 74.9 cm³/mol. The van der Waals surface area contributed by atoms with Crippen LogP contribution < -0.4 is 10.6 Å². The first-order valence-corrected chi connectivity index (χ1v) is 5.86. The molecule has 0 aliphatic carbocycles. The van der Waals surface area contributed by atoms with Gasteiger partial charge in [0.1, 0.15) is 17.5 Å². The summed E-state index contributed by atoms with van der Waals surface area (Å²) in [5, 5.41) is 16.4. The summed E-state index contributed by atoms with van der Waals surface area (Å²) in [5.41, 5.74) is 1.13. The van der Waals surface area contributed by atoms with Gasteiger partial charge in [0.2, 0.25) is 0 Å². The van der Waals surface area contributed by atoms with Gasteiger partial charge in [-0.2, -0.15) is 0 Å². The van der Waals surface area contributed by atoms with Crippen molar-refractivity contribution < 1.29 is 9.31 Å². The minimum atomic E-state index is -0.509. The summed E-state index contributed by atoms with van der Waals surface area (Å²) >= 11 is 0. The van der Waals surface area contributed by atoms with Crippen molar-refractivity contribution in [2.45, 2.75) is 6.92 Å². The highest BCUT2D eigenvalue weighted by atomic mass is 19.1. The summed E-state index contributed by atoms with van der Waals surface area (Å²) in [6.07, 6.45) is 0. The molecule has 0 saturated heterocycles. The zero-order valence-corrected chi connectivity index (χ0v) is 11.0. The topological polar surface area (TPSA) is 80.1 Å². The quantitative estimate of drug-likeness (QED) is 0.662. The molecule has 2 aromatic rings. The summed E-state index contributed by atoms with van der Waals surface area (Å²) in [5.74, 6) is 0.246. The second-order valence-corrected chi connectivity index (χ2v) is 4.25. The first kappa shape index (κ1) is 13.7. The van der Waals surface area contributed by atoms with E-state index >= 15 is 0 Å². The Morgan fingerprint density at radius 2 is 1.90 bits per heavy atom. The standard InChI is InChI=1S/C13H13FN4O2/c1-8-3-9(14)5-10(4-8)16-13-7-11(18(19)20)6-12(15-2)17-13/h3-7H,1-2H3,(H2,15,16,17). The number of hydrogen-bond donors (Lipinski definition) is 2. The van der Waals surface area contributed by atoms with Crippen LogP contribution in [0.1, 0.15) is 5.56 Å². The van der Waals surface area contributed by atoms with Crippen LogP contribution in [0, 0.1) is 22.9 Å². The maximum absolute atomic E-state index is 13.3. The van der Waals surface area contributed by atoms with Crippen LogP contribution in [0.15, 0.2) is 30.3 Å². The Kier molecular flexibility index (Phi) is 3.79. The second kappa shape index (κ2) is 5.52. The van der Waals surface area contributed by atoms with Gasteiger partial charge in [0.05, 0.1) is 17.1 Å². The smallest absolute Gasteiger partial charge is 0.276 e. The summed E-state index contributed by atoms with van der Waals surface area (Å²) in [7, 11) is 1.61. The number of rotatable bonds is 4. The molecule has 2 N–H and O–H groups in total. The minimum Gasteiger partial charge on any atom is -0.373 e. The zero-order valence-electron chi connectivity index (χ0n) is 11.0. The third kappa shape index (κ3) is 3.19. The molecule has 20 heavy (non-hydrogen) atoms. The van der Waals surface area contributed by atoms with Gasteiger partial charge in [-0.05, 0) is 30.7 Å². The van der Waals surface area contributed by atoms with E-state index < -0.39 is 4.92 Å². The van der Waals surface area contributed by atoms with Crippen LogP contribution >= 0.6 is 0 Å². The largest absolute Gasteiger partial charge is 0.373 e. The highest BCUT2D eigenvalue weighted by molar-refractivity contribution is 5.62. The second-order valence-electron chi connectivity index (χ2n) is 4.25. The number of anilines is 3. The SMILES string of the molecule is CNc1cc([N+](=O)[O-])cc(Nc2cc(C)cc(F)c2)n1. The van der Waals surface area contributed by atoms with Gasteiger partial charge in [-0.15, -0.1) is 0 Å². The molecule has 6 nitrogen and oxygen atoms in total. The van der Waals surface area contributed by atoms with Crippen molar-refractivity contribution in [2.24, 2.45) is 0 Å². The minimum absolute atomic E-state index is 0.0972. The normalized spacial score (nSPS) is 10.2. The van der Waals surface area contributed by atoms with Gasteiger partial charge in [-0.25, -0.2) is 9.37 Å². The van der Waals surface area contributed by atoms with E-state index in [2.05, 4.69) is 15.6 Å². The number of aryl methyl sites for hydroxylation is 1. The Bertz CT molecular complexity index is 641. The number of halogens is 1. The lowest BCUT2D eigenvalue weighted by Crippen LogP contribution is -2.00. The Morgan fingerprint density at radius 3 is 2.50 bits per heavy atom. The van der Waals surface area contributed by atoms with Gasteiger partial charge in [0.15, 0.2) is 0 Å². The Balaban J connectivity index is 2.37. The number of hydrogen-bond acceptors (Lipinski definition) is 5. The van der Waals surface area contributed by atoms with E-state index in [9.17, 15) is 14.5 Å². The van der Waals surface area contributed by atoms with Crippen molar-refractivity contribution >= 4 is 23.0 Å². The lowest BCUT2D eigenvalue weighted by atomic mass is 10.2. The molecule has 1 aromatic heterocycles. The van der Waals surface area contributed by atoms with Crippen LogP contribution in [-0.4, -0.2) is 17.0 Å². The average Bonchev–Trinajstić information content (AvgIpc) is 2.36. The van der Waals surface area contributed by atoms with Crippen LogP contribution in [0.4, 0.5) is 27.4 Å². The lowest BCUT2D eigenvalue weighted by Gasteiger charge is -2.08. The highest BCUT2D eigenvalue weighted by Crippen LogP contribution is 2.24. The molecule has 104 valence electrons. The molecule has 0 amide bonds. The molecule has 1 heterocycles. The van der Waals surface area contributed by atoms with Crippen molar-refractivity contribution in [3.8, 4) is 0 Å². The Hall–Kier alpha value is -2.70. The van der Waals surface area contributed by atoms with Gasteiger partial charge in [0, 0.05) is 12.7 Å². The number of aromatic nitrogens is 1. The van der Waals surface area contributed by atoms with E-state index in [1.807, 2.05) is 0 Å². The summed E-state index contributed by atoms with van der Waals surface area (Å²) < 4.78 is 13.3.